The second kappa shape index (κ2) is 6.70. The van der Waals surface area contributed by atoms with Crippen molar-refractivity contribution in [2.24, 2.45) is 0 Å². The van der Waals surface area contributed by atoms with Crippen molar-refractivity contribution in [1.82, 2.24) is 20.1 Å². The minimum atomic E-state index is 0.00658. The highest BCUT2D eigenvalue weighted by molar-refractivity contribution is 5.90. The molecule has 0 saturated carbocycles. The van der Waals surface area contributed by atoms with Crippen molar-refractivity contribution >= 4 is 11.6 Å². The summed E-state index contributed by atoms with van der Waals surface area (Å²) in [6.45, 7) is 1.49. The van der Waals surface area contributed by atoms with Gasteiger partial charge in [-0.2, -0.15) is 5.10 Å². The largest absolute Gasteiger partial charge is 0.325 e. The average Bonchev–Trinajstić information content (AvgIpc) is 3.11. The highest BCUT2D eigenvalue weighted by Crippen LogP contribution is 2.23. The topological polar surface area (TPSA) is 73.9 Å². The molecule has 0 fully saturated rings. The van der Waals surface area contributed by atoms with E-state index in [0.29, 0.717) is 13.0 Å². The molecule has 3 rings (SSSR count). The van der Waals surface area contributed by atoms with Crippen molar-refractivity contribution in [1.29, 1.82) is 0 Å². The second-order valence-corrected chi connectivity index (χ2v) is 5.76. The fourth-order valence-corrected chi connectivity index (χ4v) is 2.81. The number of aromatic amines is 1. The van der Waals surface area contributed by atoms with Gasteiger partial charge in [0.05, 0.1) is 17.6 Å². The number of carbonyl (C=O) groups is 1. The Labute approximate surface area is 129 Å². The summed E-state index contributed by atoms with van der Waals surface area (Å²) in [4.78, 5) is 18.0. The number of hydrogen-bond acceptors (Lipinski definition) is 4. The van der Waals surface area contributed by atoms with E-state index in [0.717, 1.165) is 30.8 Å². The molecule has 0 aliphatic heterocycles. The van der Waals surface area contributed by atoms with Crippen LogP contribution in [0.4, 0.5) is 5.69 Å². The van der Waals surface area contributed by atoms with Crippen molar-refractivity contribution in [3.8, 4) is 0 Å². The number of rotatable bonds is 6. The number of carbonyl (C=O) groups excluding carboxylic acids is 1. The van der Waals surface area contributed by atoms with Crippen LogP contribution in [-0.4, -0.2) is 39.6 Å². The molecule has 6 nitrogen and oxygen atoms in total. The molecule has 0 spiro atoms. The predicted octanol–water partition coefficient (Wildman–Crippen LogP) is 1.75. The molecular formula is C16H21N5O. The van der Waals surface area contributed by atoms with Crippen molar-refractivity contribution in [3.63, 3.8) is 0 Å². The monoisotopic (exact) mass is 299 g/mol. The van der Waals surface area contributed by atoms with Crippen molar-refractivity contribution < 1.29 is 4.79 Å². The number of aryl methyl sites for hydroxylation is 1. The van der Waals surface area contributed by atoms with Crippen LogP contribution in [0, 0.1) is 0 Å². The Morgan fingerprint density at radius 3 is 3.18 bits per heavy atom. The smallest absolute Gasteiger partial charge is 0.225 e. The van der Waals surface area contributed by atoms with Crippen LogP contribution >= 0.6 is 0 Å². The minimum absolute atomic E-state index is 0.00658. The van der Waals surface area contributed by atoms with Gasteiger partial charge in [0.1, 0.15) is 0 Å². The first kappa shape index (κ1) is 14.7. The molecule has 0 saturated heterocycles. The Morgan fingerprint density at radius 1 is 1.45 bits per heavy atom. The standard InChI is InChI=1S/C16H21N5O/c1-21(11-15-13-5-2-6-14(13)19-20-15)9-7-16(22)18-12-4-3-8-17-10-12/h3-4,8,10H,2,5-7,9,11H2,1H3,(H,18,22)(H,19,20). The lowest BCUT2D eigenvalue weighted by Crippen LogP contribution is -2.24. The van der Waals surface area contributed by atoms with Gasteiger partial charge < -0.3 is 5.32 Å². The van der Waals surface area contributed by atoms with E-state index >= 15 is 0 Å². The summed E-state index contributed by atoms with van der Waals surface area (Å²) in [7, 11) is 2.02. The number of H-pyrrole nitrogens is 1. The van der Waals surface area contributed by atoms with Crippen LogP contribution in [0.2, 0.25) is 0 Å². The van der Waals surface area contributed by atoms with Crippen molar-refractivity contribution in [2.75, 3.05) is 18.9 Å². The average molecular weight is 299 g/mol. The zero-order chi connectivity index (χ0) is 15.4. The van der Waals surface area contributed by atoms with E-state index in [1.807, 2.05) is 13.1 Å². The van der Waals surface area contributed by atoms with Gasteiger partial charge in [0.25, 0.3) is 0 Å². The van der Waals surface area contributed by atoms with Crippen LogP contribution in [0.3, 0.4) is 0 Å². The molecule has 22 heavy (non-hydrogen) atoms. The van der Waals surface area contributed by atoms with E-state index < -0.39 is 0 Å². The first-order valence-electron chi connectivity index (χ1n) is 7.66. The van der Waals surface area contributed by atoms with Gasteiger partial charge in [0.15, 0.2) is 0 Å². The van der Waals surface area contributed by atoms with E-state index in [1.165, 1.54) is 17.7 Å². The van der Waals surface area contributed by atoms with E-state index in [-0.39, 0.29) is 5.91 Å². The van der Waals surface area contributed by atoms with Crippen molar-refractivity contribution in [3.05, 3.63) is 41.5 Å². The number of aromatic nitrogens is 3. The summed E-state index contributed by atoms with van der Waals surface area (Å²) >= 11 is 0. The number of hydrogen-bond donors (Lipinski definition) is 2. The molecule has 2 aromatic rings. The van der Waals surface area contributed by atoms with Gasteiger partial charge in [-0.3, -0.25) is 19.8 Å². The molecule has 0 atom stereocenters. The van der Waals surface area contributed by atoms with Crippen molar-refractivity contribution in [2.45, 2.75) is 32.2 Å². The number of nitrogens with one attached hydrogen (secondary N) is 2. The molecule has 2 N–H and O–H groups in total. The van der Waals surface area contributed by atoms with Crippen LogP contribution in [0.5, 0.6) is 0 Å². The van der Waals surface area contributed by atoms with Gasteiger partial charge in [-0.1, -0.05) is 0 Å². The number of fused-ring (bicyclic) bond motifs is 1. The molecule has 2 heterocycles. The first-order chi connectivity index (χ1) is 10.7. The number of nitrogens with zero attached hydrogens (tertiary/aromatic N) is 3. The van der Waals surface area contributed by atoms with Gasteiger partial charge in [-0.25, -0.2) is 0 Å². The summed E-state index contributed by atoms with van der Waals surface area (Å²) in [6.07, 6.45) is 7.24. The fourth-order valence-electron chi connectivity index (χ4n) is 2.81. The Bertz CT molecular complexity index is 637. The molecule has 0 radical (unpaired) electrons. The fraction of sp³-hybridized carbons (Fsp3) is 0.438. The van der Waals surface area contributed by atoms with Gasteiger partial charge in [-0.05, 0) is 44.0 Å². The maximum Gasteiger partial charge on any atom is 0.225 e. The van der Waals surface area contributed by atoms with Crippen LogP contribution < -0.4 is 5.32 Å². The van der Waals surface area contributed by atoms with E-state index in [4.69, 9.17) is 0 Å². The molecule has 0 bridgehead atoms. The summed E-state index contributed by atoms with van der Waals surface area (Å²) in [5.74, 6) is 0.00658. The number of pyridine rings is 1. The van der Waals surface area contributed by atoms with Crippen LogP contribution in [0.25, 0.3) is 0 Å². The van der Waals surface area contributed by atoms with Gasteiger partial charge in [-0.15, -0.1) is 0 Å². The molecule has 116 valence electrons. The Hall–Kier alpha value is -2.21. The summed E-state index contributed by atoms with van der Waals surface area (Å²) in [6, 6.07) is 3.64. The molecule has 6 heteroatoms. The minimum Gasteiger partial charge on any atom is -0.325 e. The predicted molar refractivity (Wildman–Crippen MR) is 84.4 cm³/mol. The van der Waals surface area contributed by atoms with E-state index in [9.17, 15) is 4.79 Å². The summed E-state index contributed by atoms with van der Waals surface area (Å²) in [5, 5.41) is 10.4. The Morgan fingerprint density at radius 2 is 2.36 bits per heavy atom. The van der Waals surface area contributed by atoms with E-state index in [2.05, 4.69) is 25.4 Å². The molecule has 1 amide bonds. The lowest BCUT2D eigenvalue weighted by molar-refractivity contribution is -0.116. The molecule has 1 aliphatic carbocycles. The highest BCUT2D eigenvalue weighted by atomic mass is 16.1. The first-order valence-corrected chi connectivity index (χ1v) is 7.66. The normalized spacial score (nSPS) is 13.4. The SMILES string of the molecule is CN(CCC(=O)Nc1cccnc1)Cc1n[nH]c2c1CCC2. The number of amides is 1. The third-order valence-corrected chi connectivity index (χ3v) is 3.98. The Kier molecular flexibility index (Phi) is 4.48. The molecular weight excluding hydrogens is 278 g/mol. The summed E-state index contributed by atoms with van der Waals surface area (Å²) in [5.41, 5.74) is 4.53. The van der Waals surface area contributed by atoms with Crippen LogP contribution in [-0.2, 0) is 24.2 Å². The maximum absolute atomic E-state index is 11.9. The highest BCUT2D eigenvalue weighted by Gasteiger charge is 2.19. The molecule has 0 aromatic carbocycles. The summed E-state index contributed by atoms with van der Waals surface area (Å²) < 4.78 is 0. The number of anilines is 1. The molecule has 2 aromatic heterocycles. The zero-order valence-electron chi connectivity index (χ0n) is 12.8. The lowest BCUT2D eigenvalue weighted by atomic mass is 10.2. The maximum atomic E-state index is 11.9. The third-order valence-electron chi connectivity index (χ3n) is 3.98. The quantitative estimate of drug-likeness (QED) is 0.852. The third kappa shape index (κ3) is 3.51. The molecule has 0 unspecified atom stereocenters. The van der Waals surface area contributed by atoms with Crippen LogP contribution in [0.15, 0.2) is 24.5 Å². The Balaban J connectivity index is 1.46. The molecule has 1 aliphatic rings. The van der Waals surface area contributed by atoms with Crippen LogP contribution in [0.1, 0.15) is 29.8 Å². The second-order valence-electron chi connectivity index (χ2n) is 5.76. The van der Waals surface area contributed by atoms with Gasteiger partial charge >= 0.3 is 0 Å². The van der Waals surface area contributed by atoms with Gasteiger partial charge in [0.2, 0.25) is 5.91 Å². The zero-order valence-corrected chi connectivity index (χ0v) is 12.8. The van der Waals surface area contributed by atoms with Gasteiger partial charge in [0, 0.05) is 31.4 Å². The van der Waals surface area contributed by atoms with E-state index in [1.54, 1.807) is 18.5 Å². The lowest BCUT2D eigenvalue weighted by Gasteiger charge is -2.15.